The Hall–Kier alpha value is -1.83. The SMILES string of the molecule is Oc1cccc2c3c(ccc12)N=CC3. The Balaban J connectivity index is 2.47. The lowest BCUT2D eigenvalue weighted by molar-refractivity contribution is 0.481. The second-order valence-corrected chi connectivity index (χ2v) is 3.45. The number of phenolic OH excluding ortho intramolecular Hbond substituents is 1. The topological polar surface area (TPSA) is 32.6 Å². The van der Waals surface area contributed by atoms with Crippen LogP contribution in [0.2, 0.25) is 0 Å². The van der Waals surface area contributed by atoms with Crippen LogP contribution in [0.4, 0.5) is 5.69 Å². The fraction of sp³-hybridized carbons (Fsp3) is 0.0833. The first kappa shape index (κ1) is 7.56. The van der Waals surface area contributed by atoms with Crippen LogP contribution in [0, 0.1) is 0 Å². The third kappa shape index (κ3) is 0.880. The van der Waals surface area contributed by atoms with E-state index in [1.54, 1.807) is 6.07 Å². The summed E-state index contributed by atoms with van der Waals surface area (Å²) in [6, 6.07) is 9.50. The Kier molecular flexibility index (Phi) is 1.39. The van der Waals surface area contributed by atoms with E-state index >= 15 is 0 Å². The van der Waals surface area contributed by atoms with E-state index in [1.807, 2.05) is 30.5 Å². The molecule has 1 aliphatic heterocycles. The first-order valence-corrected chi connectivity index (χ1v) is 4.62. The van der Waals surface area contributed by atoms with E-state index in [0.29, 0.717) is 5.75 Å². The van der Waals surface area contributed by atoms with Crippen LogP contribution in [0.25, 0.3) is 10.8 Å². The van der Waals surface area contributed by atoms with E-state index < -0.39 is 0 Å². The molecule has 0 aromatic heterocycles. The van der Waals surface area contributed by atoms with Gasteiger partial charge in [0.15, 0.2) is 0 Å². The second kappa shape index (κ2) is 2.58. The summed E-state index contributed by atoms with van der Waals surface area (Å²) in [5, 5.41) is 11.7. The Morgan fingerprint density at radius 1 is 1.07 bits per heavy atom. The van der Waals surface area contributed by atoms with Gasteiger partial charge >= 0.3 is 0 Å². The molecular weight excluding hydrogens is 174 g/mol. The monoisotopic (exact) mass is 183 g/mol. The van der Waals surface area contributed by atoms with Gasteiger partial charge in [0.1, 0.15) is 5.75 Å². The molecule has 3 rings (SSSR count). The Morgan fingerprint density at radius 2 is 2.00 bits per heavy atom. The number of nitrogens with zero attached hydrogens (tertiary/aromatic N) is 1. The Labute approximate surface area is 81.5 Å². The van der Waals surface area contributed by atoms with Crippen LogP contribution in [0.15, 0.2) is 35.3 Å². The number of rotatable bonds is 0. The molecule has 1 heterocycles. The largest absolute Gasteiger partial charge is 0.507 e. The number of hydrogen-bond donors (Lipinski definition) is 1. The smallest absolute Gasteiger partial charge is 0.123 e. The molecule has 0 radical (unpaired) electrons. The molecule has 0 atom stereocenters. The first-order chi connectivity index (χ1) is 6.86. The number of hydrogen-bond acceptors (Lipinski definition) is 2. The summed E-state index contributed by atoms with van der Waals surface area (Å²) in [6.45, 7) is 0. The predicted octanol–water partition coefficient (Wildman–Crippen LogP) is 2.80. The molecule has 0 saturated carbocycles. The average molecular weight is 183 g/mol. The van der Waals surface area contributed by atoms with Crippen molar-refractivity contribution in [3.05, 3.63) is 35.9 Å². The van der Waals surface area contributed by atoms with Crippen molar-refractivity contribution in [1.29, 1.82) is 0 Å². The van der Waals surface area contributed by atoms with Gasteiger partial charge in [0.2, 0.25) is 0 Å². The van der Waals surface area contributed by atoms with Crippen LogP contribution in [0.1, 0.15) is 5.56 Å². The zero-order valence-corrected chi connectivity index (χ0v) is 7.57. The van der Waals surface area contributed by atoms with Crippen molar-refractivity contribution in [2.24, 2.45) is 4.99 Å². The van der Waals surface area contributed by atoms with Crippen LogP contribution < -0.4 is 0 Å². The Morgan fingerprint density at radius 3 is 2.93 bits per heavy atom. The summed E-state index contributed by atoms with van der Waals surface area (Å²) in [6.07, 6.45) is 2.78. The second-order valence-electron chi connectivity index (χ2n) is 3.45. The minimum absolute atomic E-state index is 0.345. The van der Waals surface area contributed by atoms with Crippen LogP contribution in [0.3, 0.4) is 0 Å². The summed E-state index contributed by atoms with van der Waals surface area (Å²) in [5.41, 5.74) is 2.25. The third-order valence-corrected chi connectivity index (χ3v) is 2.65. The van der Waals surface area contributed by atoms with Crippen molar-refractivity contribution in [1.82, 2.24) is 0 Å². The van der Waals surface area contributed by atoms with E-state index in [9.17, 15) is 5.11 Å². The van der Waals surface area contributed by atoms with Gasteiger partial charge in [0, 0.05) is 18.0 Å². The van der Waals surface area contributed by atoms with E-state index in [4.69, 9.17) is 0 Å². The lowest BCUT2D eigenvalue weighted by Crippen LogP contribution is -1.83. The van der Waals surface area contributed by atoms with E-state index in [0.717, 1.165) is 22.9 Å². The molecule has 1 aliphatic rings. The summed E-state index contributed by atoms with van der Waals surface area (Å²) in [4.78, 5) is 4.27. The maximum Gasteiger partial charge on any atom is 0.123 e. The maximum absolute atomic E-state index is 9.66. The molecule has 0 amide bonds. The van der Waals surface area contributed by atoms with Gasteiger partial charge in [-0.25, -0.2) is 0 Å². The predicted molar refractivity (Wildman–Crippen MR) is 57.5 cm³/mol. The fourth-order valence-electron chi connectivity index (χ4n) is 1.96. The highest BCUT2D eigenvalue weighted by Gasteiger charge is 2.11. The Bertz CT molecular complexity index is 543. The number of aliphatic imine (C=N–C) groups is 1. The normalized spacial score (nSPS) is 13.4. The highest BCUT2D eigenvalue weighted by atomic mass is 16.3. The van der Waals surface area contributed by atoms with Crippen molar-refractivity contribution in [3.8, 4) is 5.75 Å². The minimum Gasteiger partial charge on any atom is -0.507 e. The van der Waals surface area contributed by atoms with Crippen molar-refractivity contribution >= 4 is 22.7 Å². The van der Waals surface area contributed by atoms with Gasteiger partial charge in [0.05, 0.1) is 5.69 Å². The standard InChI is InChI=1S/C12H9NO/c14-12-3-1-2-8-9-6-7-13-11(9)5-4-10(8)12/h1-5,7,14H,6H2. The molecule has 14 heavy (non-hydrogen) atoms. The van der Waals surface area contributed by atoms with E-state index in [1.165, 1.54) is 5.56 Å². The fourth-order valence-corrected chi connectivity index (χ4v) is 1.96. The third-order valence-electron chi connectivity index (χ3n) is 2.65. The zero-order chi connectivity index (χ0) is 9.54. The van der Waals surface area contributed by atoms with Gasteiger partial charge in [0.25, 0.3) is 0 Å². The summed E-state index contributed by atoms with van der Waals surface area (Å²) in [7, 11) is 0. The molecule has 2 heteroatoms. The summed E-state index contributed by atoms with van der Waals surface area (Å²) < 4.78 is 0. The average Bonchev–Trinajstić information content (AvgIpc) is 2.66. The van der Waals surface area contributed by atoms with Crippen molar-refractivity contribution in [2.75, 3.05) is 0 Å². The lowest BCUT2D eigenvalue weighted by Gasteiger charge is -2.05. The van der Waals surface area contributed by atoms with E-state index in [-0.39, 0.29) is 0 Å². The highest BCUT2D eigenvalue weighted by Crippen LogP contribution is 2.34. The molecule has 0 aliphatic carbocycles. The molecule has 0 bridgehead atoms. The molecule has 68 valence electrons. The highest BCUT2D eigenvalue weighted by molar-refractivity contribution is 5.97. The maximum atomic E-state index is 9.66. The van der Waals surface area contributed by atoms with Gasteiger partial charge in [-0.3, -0.25) is 4.99 Å². The van der Waals surface area contributed by atoms with Crippen LogP contribution in [-0.2, 0) is 6.42 Å². The molecule has 0 fully saturated rings. The number of benzene rings is 2. The summed E-state index contributed by atoms with van der Waals surface area (Å²) >= 11 is 0. The number of fused-ring (bicyclic) bond motifs is 3. The molecule has 1 N–H and O–H groups in total. The first-order valence-electron chi connectivity index (χ1n) is 4.62. The molecule has 0 saturated heterocycles. The van der Waals surface area contributed by atoms with Crippen molar-refractivity contribution in [2.45, 2.75) is 6.42 Å². The van der Waals surface area contributed by atoms with Crippen molar-refractivity contribution < 1.29 is 5.11 Å². The van der Waals surface area contributed by atoms with Gasteiger partial charge in [-0.05, 0) is 29.1 Å². The van der Waals surface area contributed by atoms with Crippen LogP contribution in [-0.4, -0.2) is 11.3 Å². The quantitative estimate of drug-likeness (QED) is 0.669. The van der Waals surface area contributed by atoms with Gasteiger partial charge in [-0.2, -0.15) is 0 Å². The lowest BCUT2D eigenvalue weighted by atomic mass is 10.0. The minimum atomic E-state index is 0.345. The van der Waals surface area contributed by atoms with Crippen LogP contribution >= 0.6 is 0 Å². The zero-order valence-electron chi connectivity index (χ0n) is 7.57. The van der Waals surface area contributed by atoms with Crippen molar-refractivity contribution in [3.63, 3.8) is 0 Å². The molecule has 0 unspecified atom stereocenters. The number of phenols is 1. The molecule has 0 spiro atoms. The number of aromatic hydroxyl groups is 1. The molecule has 2 aromatic rings. The summed E-state index contributed by atoms with van der Waals surface area (Å²) in [5.74, 6) is 0.345. The molecule has 2 nitrogen and oxygen atoms in total. The van der Waals surface area contributed by atoms with Gasteiger partial charge in [-0.15, -0.1) is 0 Å². The van der Waals surface area contributed by atoms with Gasteiger partial charge < -0.3 is 5.11 Å². The van der Waals surface area contributed by atoms with E-state index in [2.05, 4.69) is 4.99 Å². The van der Waals surface area contributed by atoms with Crippen LogP contribution in [0.5, 0.6) is 5.75 Å². The molecule has 2 aromatic carbocycles. The van der Waals surface area contributed by atoms with Gasteiger partial charge in [-0.1, -0.05) is 12.1 Å². The molecular formula is C12H9NO.